The lowest BCUT2D eigenvalue weighted by Crippen LogP contribution is -2.00. The van der Waals surface area contributed by atoms with Gasteiger partial charge in [0.15, 0.2) is 0 Å². The summed E-state index contributed by atoms with van der Waals surface area (Å²) in [7, 11) is 0. The fourth-order valence-corrected chi connectivity index (χ4v) is 2.34. The van der Waals surface area contributed by atoms with Crippen LogP contribution in [0.4, 0.5) is 0 Å². The molecule has 0 amide bonds. The van der Waals surface area contributed by atoms with Crippen LogP contribution in [0.1, 0.15) is 31.2 Å². The zero-order valence-corrected chi connectivity index (χ0v) is 8.16. The highest BCUT2D eigenvalue weighted by Gasteiger charge is 2.26. The standard InChI is InChI=1S/C13H16/c1-10-8-11(2)13(9-10)12-6-4-3-5-7-12/h3-7,11,13H,1,8-9H2,2H3/t11-,13+/m1/s1. The molecule has 2 rings (SSSR count). The molecular formula is C13H16. The van der Waals surface area contributed by atoms with Gasteiger partial charge in [0.25, 0.3) is 0 Å². The SMILES string of the molecule is C=C1C[C@@H](C)[C@@H](c2ccccc2)C1. The second-order valence-electron chi connectivity index (χ2n) is 4.15. The number of allylic oxidation sites excluding steroid dienone is 1. The first-order chi connectivity index (χ1) is 6.27. The number of benzene rings is 1. The molecule has 0 saturated heterocycles. The Morgan fingerprint density at radius 1 is 1.15 bits per heavy atom. The topological polar surface area (TPSA) is 0 Å². The van der Waals surface area contributed by atoms with E-state index in [9.17, 15) is 0 Å². The van der Waals surface area contributed by atoms with Crippen LogP contribution in [0.15, 0.2) is 42.5 Å². The Kier molecular flexibility index (Phi) is 2.22. The molecule has 0 heteroatoms. The van der Waals surface area contributed by atoms with Crippen LogP contribution >= 0.6 is 0 Å². The first kappa shape index (κ1) is 8.55. The van der Waals surface area contributed by atoms with Gasteiger partial charge in [-0.3, -0.25) is 0 Å². The van der Waals surface area contributed by atoms with Crippen molar-refractivity contribution in [3.05, 3.63) is 48.0 Å². The summed E-state index contributed by atoms with van der Waals surface area (Å²) in [4.78, 5) is 0. The summed E-state index contributed by atoms with van der Waals surface area (Å²) in [5.41, 5.74) is 2.90. The second kappa shape index (κ2) is 3.37. The van der Waals surface area contributed by atoms with Gasteiger partial charge in [0.1, 0.15) is 0 Å². The third-order valence-corrected chi connectivity index (χ3v) is 3.03. The molecule has 0 unspecified atom stereocenters. The van der Waals surface area contributed by atoms with Crippen molar-refractivity contribution in [1.82, 2.24) is 0 Å². The lowest BCUT2D eigenvalue weighted by molar-refractivity contribution is 0.534. The molecule has 2 atom stereocenters. The van der Waals surface area contributed by atoms with E-state index in [1.165, 1.54) is 24.0 Å². The van der Waals surface area contributed by atoms with E-state index in [1.807, 2.05) is 0 Å². The minimum Gasteiger partial charge on any atom is -0.0998 e. The molecule has 0 heterocycles. The summed E-state index contributed by atoms with van der Waals surface area (Å²) in [5, 5.41) is 0. The Bertz CT molecular complexity index is 297. The summed E-state index contributed by atoms with van der Waals surface area (Å²) in [6.07, 6.45) is 2.39. The van der Waals surface area contributed by atoms with E-state index in [4.69, 9.17) is 0 Å². The quantitative estimate of drug-likeness (QED) is 0.566. The van der Waals surface area contributed by atoms with Gasteiger partial charge in [-0.2, -0.15) is 0 Å². The van der Waals surface area contributed by atoms with Crippen molar-refractivity contribution >= 4 is 0 Å². The molecule has 1 aliphatic rings. The van der Waals surface area contributed by atoms with E-state index in [2.05, 4.69) is 43.8 Å². The smallest absolute Gasteiger partial charge is 0.00961 e. The molecule has 1 aromatic carbocycles. The molecule has 0 spiro atoms. The largest absolute Gasteiger partial charge is 0.0998 e. The fourth-order valence-electron chi connectivity index (χ4n) is 2.34. The molecule has 13 heavy (non-hydrogen) atoms. The van der Waals surface area contributed by atoms with Gasteiger partial charge in [0, 0.05) is 0 Å². The highest BCUT2D eigenvalue weighted by atomic mass is 14.3. The Labute approximate surface area is 80.3 Å². The van der Waals surface area contributed by atoms with Crippen LogP contribution in [0, 0.1) is 5.92 Å². The summed E-state index contributed by atoms with van der Waals surface area (Å²) < 4.78 is 0. The Morgan fingerprint density at radius 2 is 1.85 bits per heavy atom. The van der Waals surface area contributed by atoms with E-state index in [0.29, 0.717) is 5.92 Å². The molecule has 68 valence electrons. The van der Waals surface area contributed by atoms with E-state index in [1.54, 1.807) is 0 Å². The van der Waals surface area contributed by atoms with Crippen molar-refractivity contribution in [3.8, 4) is 0 Å². The van der Waals surface area contributed by atoms with Crippen molar-refractivity contribution in [2.45, 2.75) is 25.7 Å². The molecular weight excluding hydrogens is 156 g/mol. The summed E-state index contributed by atoms with van der Waals surface area (Å²) in [6, 6.07) is 10.8. The van der Waals surface area contributed by atoms with Crippen molar-refractivity contribution < 1.29 is 0 Å². The van der Waals surface area contributed by atoms with Crippen LogP contribution in [-0.4, -0.2) is 0 Å². The molecule has 0 bridgehead atoms. The van der Waals surface area contributed by atoms with Gasteiger partial charge in [0.05, 0.1) is 0 Å². The Balaban J connectivity index is 2.23. The Morgan fingerprint density at radius 3 is 2.38 bits per heavy atom. The van der Waals surface area contributed by atoms with E-state index in [0.717, 1.165) is 5.92 Å². The van der Waals surface area contributed by atoms with Gasteiger partial charge in [-0.05, 0) is 30.2 Å². The van der Waals surface area contributed by atoms with Crippen molar-refractivity contribution in [3.63, 3.8) is 0 Å². The molecule has 0 aliphatic heterocycles. The van der Waals surface area contributed by atoms with Gasteiger partial charge < -0.3 is 0 Å². The van der Waals surface area contributed by atoms with Gasteiger partial charge in [0.2, 0.25) is 0 Å². The van der Waals surface area contributed by atoms with Crippen LogP contribution < -0.4 is 0 Å². The van der Waals surface area contributed by atoms with Crippen LogP contribution in [0.5, 0.6) is 0 Å². The van der Waals surface area contributed by atoms with Crippen LogP contribution in [0.25, 0.3) is 0 Å². The predicted molar refractivity (Wildman–Crippen MR) is 56.7 cm³/mol. The number of hydrogen-bond donors (Lipinski definition) is 0. The average Bonchev–Trinajstić information content (AvgIpc) is 2.47. The van der Waals surface area contributed by atoms with Gasteiger partial charge in [-0.15, -0.1) is 0 Å². The third kappa shape index (κ3) is 1.67. The zero-order valence-electron chi connectivity index (χ0n) is 8.16. The molecule has 1 aliphatic carbocycles. The van der Waals surface area contributed by atoms with Crippen LogP contribution in [-0.2, 0) is 0 Å². The molecule has 0 radical (unpaired) electrons. The fraction of sp³-hybridized carbons (Fsp3) is 0.385. The number of hydrogen-bond acceptors (Lipinski definition) is 0. The molecule has 1 aromatic rings. The minimum atomic E-state index is 0.716. The summed E-state index contributed by atoms with van der Waals surface area (Å²) in [6.45, 7) is 6.41. The first-order valence-electron chi connectivity index (χ1n) is 4.99. The average molecular weight is 172 g/mol. The van der Waals surface area contributed by atoms with Gasteiger partial charge in [-0.25, -0.2) is 0 Å². The van der Waals surface area contributed by atoms with Crippen LogP contribution in [0.3, 0.4) is 0 Å². The third-order valence-electron chi connectivity index (χ3n) is 3.03. The zero-order chi connectivity index (χ0) is 9.26. The van der Waals surface area contributed by atoms with E-state index < -0.39 is 0 Å². The Hall–Kier alpha value is -1.04. The summed E-state index contributed by atoms with van der Waals surface area (Å²) in [5.74, 6) is 1.49. The highest BCUT2D eigenvalue weighted by Crippen LogP contribution is 2.41. The van der Waals surface area contributed by atoms with Gasteiger partial charge >= 0.3 is 0 Å². The molecule has 0 nitrogen and oxygen atoms in total. The van der Waals surface area contributed by atoms with Gasteiger partial charge in [-0.1, -0.05) is 49.4 Å². The maximum atomic E-state index is 4.08. The second-order valence-corrected chi connectivity index (χ2v) is 4.15. The first-order valence-corrected chi connectivity index (χ1v) is 4.99. The van der Waals surface area contributed by atoms with E-state index in [-0.39, 0.29) is 0 Å². The molecule has 0 N–H and O–H groups in total. The van der Waals surface area contributed by atoms with Crippen molar-refractivity contribution in [2.75, 3.05) is 0 Å². The summed E-state index contributed by atoms with van der Waals surface area (Å²) >= 11 is 0. The van der Waals surface area contributed by atoms with Crippen LogP contribution in [0.2, 0.25) is 0 Å². The van der Waals surface area contributed by atoms with E-state index >= 15 is 0 Å². The minimum absolute atomic E-state index is 0.716. The van der Waals surface area contributed by atoms with Crippen molar-refractivity contribution in [1.29, 1.82) is 0 Å². The molecule has 1 fully saturated rings. The predicted octanol–water partition coefficient (Wildman–Crippen LogP) is 3.76. The number of rotatable bonds is 1. The highest BCUT2D eigenvalue weighted by molar-refractivity contribution is 5.25. The molecule has 1 saturated carbocycles. The molecule has 0 aromatic heterocycles. The maximum Gasteiger partial charge on any atom is -0.00961 e. The monoisotopic (exact) mass is 172 g/mol. The maximum absolute atomic E-state index is 4.08. The lowest BCUT2D eigenvalue weighted by Gasteiger charge is -2.14. The van der Waals surface area contributed by atoms with Crippen molar-refractivity contribution in [2.24, 2.45) is 5.92 Å². The normalized spacial score (nSPS) is 27.9. The lowest BCUT2D eigenvalue weighted by atomic mass is 9.90.